The molecule has 2 aromatic heterocycles. The first kappa shape index (κ1) is 17.8. The van der Waals surface area contributed by atoms with Crippen LogP contribution >= 0.6 is 0 Å². The lowest BCUT2D eigenvalue weighted by molar-refractivity contribution is -0.142. The second-order valence-corrected chi connectivity index (χ2v) is 7.27. The summed E-state index contributed by atoms with van der Waals surface area (Å²) in [5.74, 6) is -0.931. The molecule has 3 rings (SSSR count). The van der Waals surface area contributed by atoms with Crippen LogP contribution in [-0.2, 0) is 21.4 Å². The van der Waals surface area contributed by atoms with Crippen molar-refractivity contribution in [2.45, 2.75) is 63.6 Å². The van der Waals surface area contributed by atoms with Gasteiger partial charge in [-0.2, -0.15) is 5.10 Å². The Balaban J connectivity index is 1.71. The summed E-state index contributed by atoms with van der Waals surface area (Å²) in [6, 6.07) is 3.62. The quantitative estimate of drug-likeness (QED) is 0.829. The SMILES string of the molecule is CC(C)(C(=O)O)c1cn2nc(CC(O)CC3CCCCO3)ccc2n1. The highest BCUT2D eigenvalue weighted by Crippen LogP contribution is 2.23. The average Bonchev–Trinajstić information content (AvgIpc) is 2.99. The van der Waals surface area contributed by atoms with Gasteiger partial charge in [-0.05, 0) is 51.7 Å². The fourth-order valence-corrected chi connectivity index (χ4v) is 3.06. The minimum Gasteiger partial charge on any atom is -0.481 e. The smallest absolute Gasteiger partial charge is 0.315 e. The van der Waals surface area contributed by atoms with Crippen molar-refractivity contribution in [1.29, 1.82) is 0 Å². The number of hydrogen-bond acceptors (Lipinski definition) is 5. The third-order valence-corrected chi connectivity index (χ3v) is 4.80. The van der Waals surface area contributed by atoms with E-state index in [1.807, 2.05) is 6.07 Å². The second-order valence-electron chi connectivity index (χ2n) is 7.27. The molecule has 0 aromatic carbocycles. The number of aliphatic hydroxyl groups is 1. The Morgan fingerprint density at radius 2 is 2.24 bits per heavy atom. The van der Waals surface area contributed by atoms with Crippen molar-refractivity contribution in [3.63, 3.8) is 0 Å². The van der Waals surface area contributed by atoms with Crippen LogP contribution in [0.2, 0.25) is 0 Å². The van der Waals surface area contributed by atoms with Gasteiger partial charge in [0.25, 0.3) is 0 Å². The monoisotopic (exact) mass is 347 g/mol. The Morgan fingerprint density at radius 1 is 1.44 bits per heavy atom. The van der Waals surface area contributed by atoms with Gasteiger partial charge in [0.2, 0.25) is 0 Å². The topological polar surface area (TPSA) is 97.0 Å². The summed E-state index contributed by atoms with van der Waals surface area (Å²) in [7, 11) is 0. The normalized spacial score (nSPS) is 19.9. The number of nitrogens with zero attached hydrogens (tertiary/aromatic N) is 3. The molecule has 25 heavy (non-hydrogen) atoms. The fourth-order valence-electron chi connectivity index (χ4n) is 3.06. The van der Waals surface area contributed by atoms with Gasteiger partial charge in [0, 0.05) is 13.0 Å². The zero-order valence-corrected chi connectivity index (χ0v) is 14.7. The molecule has 2 unspecified atom stereocenters. The third kappa shape index (κ3) is 3.99. The highest BCUT2D eigenvalue weighted by atomic mass is 16.5. The highest BCUT2D eigenvalue weighted by molar-refractivity contribution is 5.79. The molecule has 2 atom stereocenters. The van der Waals surface area contributed by atoms with E-state index in [-0.39, 0.29) is 6.10 Å². The largest absolute Gasteiger partial charge is 0.481 e. The van der Waals surface area contributed by atoms with Gasteiger partial charge in [0.1, 0.15) is 5.41 Å². The molecule has 7 heteroatoms. The van der Waals surface area contributed by atoms with E-state index in [0.717, 1.165) is 31.6 Å². The maximum Gasteiger partial charge on any atom is 0.315 e. The molecule has 1 saturated heterocycles. The standard InChI is InChI=1S/C18H25N3O4/c1-18(2,17(23)24)15-11-21-16(19-15)7-6-12(20-21)9-13(22)10-14-5-3-4-8-25-14/h6-7,11,13-14,22H,3-5,8-10H2,1-2H3,(H,23,24). The number of aliphatic hydroxyl groups excluding tert-OH is 1. The Hall–Kier alpha value is -1.99. The molecule has 0 bridgehead atoms. The van der Waals surface area contributed by atoms with Gasteiger partial charge in [0.05, 0.1) is 29.8 Å². The molecule has 3 heterocycles. The minimum absolute atomic E-state index is 0.128. The first-order valence-electron chi connectivity index (χ1n) is 8.75. The molecule has 0 aliphatic carbocycles. The van der Waals surface area contributed by atoms with Gasteiger partial charge in [-0.1, -0.05) is 0 Å². The van der Waals surface area contributed by atoms with Gasteiger partial charge in [-0.3, -0.25) is 4.79 Å². The molecule has 2 N–H and O–H groups in total. The maximum absolute atomic E-state index is 11.4. The van der Waals surface area contributed by atoms with E-state index >= 15 is 0 Å². The summed E-state index contributed by atoms with van der Waals surface area (Å²) in [6.45, 7) is 4.01. The van der Waals surface area contributed by atoms with Crippen LogP contribution in [0.3, 0.4) is 0 Å². The third-order valence-electron chi connectivity index (χ3n) is 4.80. The molecular weight excluding hydrogens is 322 g/mol. The highest BCUT2D eigenvalue weighted by Gasteiger charge is 2.32. The van der Waals surface area contributed by atoms with Crippen LogP contribution in [-0.4, -0.2) is 49.6 Å². The van der Waals surface area contributed by atoms with Crippen molar-refractivity contribution >= 4 is 11.6 Å². The van der Waals surface area contributed by atoms with Crippen LogP contribution in [0.4, 0.5) is 0 Å². The molecule has 0 radical (unpaired) electrons. The van der Waals surface area contributed by atoms with E-state index in [1.54, 1.807) is 30.6 Å². The Labute approximate surface area is 146 Å². The molecule has 1 aliphatic rings. The van der Waals surface area contributed by atoms with Crippen LogP contribution in [0.15, 0.2) is 18.3 Å². The van der Waals surface area contributed by atoms with Gasteiger partial charge in [-0.25, -0.2) is 9.50 Å². The number of carbonyl (C=O) groups is 1. The van der Waals surface area contributed by atoms with E-state index in [4.69, 9.17) is 4.74 Å². The van der Waals surface area contributed by atoms with E-state index < -0.39 is 17.5 Å². The summed E-state index contributed by atoms with van der Waals surface area (Å²) in [6.07, 6.45) is 5.56. The van der Waals surface area contributed by atoms with Crippen molar-refractivity contribution in [2.24, 2.45) is 0 Å². The Morgan fingerprint density at radius 3 is 2.92 bits per heavy atom. The number of hydrogen-bond donors (Lipinski definition) is 2. The minimum atomic E-state index is -1.08. The zero-order valence-electron chi connectivity index (χ0n) is 14.7. The fraction of sp³-hybridized carbons (Fsp3) is 0.611. The number of rotatable bonds is 6. The molecule has 1 aliphatic heterocycles. The molecule has 0 spiro atoms. The zero-order chi connectivity index (χ0) is 18.0. The van der Waals surface area contributed by atoms with E-state index in [1.165, 1.54) is 0 Å². The second kappa shape index (κ2) is 7.09. The van der Waals surface area contributed by atoms with Gasteiger partial charge in [0.15, 0.2) is 5.65 Å². The summed E-state index contributed by atoms with van der Waals surface area (Å²) in [5, 5.41) is 24.1. The van der Waals surface area contributed by atoms with E-state index in [0.29, 0.717) is 24.2 Å². The molecule has 2 aromatic rings. The van der Waals surface area contributed by atoms with Crippen LogP contribution in [0, 0.1) is 0 Å². The first-order chi connectivity index (χ1) is 11.9. The van der Waals surface area contributed by atoms with Gasteiger partial charge < -0.3 is 14.9 Å². The lowest BCUT2D eigenvalue weighted by Gasteiger charge is -2.24. The van der Waals surface area contributed by atoms with Crippen molar-refractivity contribution in [3.8, 4) is 0 Å². The van der Waals surface area contributed by atoms with Crippen molar-refractivity contribution in [2.75, 3.05) is 6.61 Å². The summed E-state index contributed by atoms with van der Waals surface area (Å²) >= 11 is 0. The van der Waals surface area contributed by atoms with E-state index in [9.17, 15) is 15.0 Å². The lowest BCUT2D eigenvalue weighted by atomic mass is 9.90. The Kier molecular flexibility index (Phi) is 5.06. The van der Waals surface area contributed by atoms with E-state index in [2.05, 4.69) is 10.1 Å². The van der Waals surface area contributed by atoms with Crippen molar-refractivity contribution in [1.82, 2.24) is 14.6 Å². The number of aliphatic carboxylic acids is 1. The van der Waals surface area contributed by atoms with Crippen molar-refractivity contribution in [3.05, 3.63) is 29.7 Å². The Bertz CT molecular complexity index is 750. The maximum atomic E-state index is 11.4. The van der Waals surface area contributed by atoms with Gasteiger partial charge >= 0.3 is 5.97 Å². The number of fused-ring (bicyclic) bond motifs is 1. The number of carboxylic acids is 1. The molecular formula is C18H25N3O4. The predicted octanol–water partition coefficient (Wildman–Crippen LogP) is 1.95. The number of carboxylic acid groups (broad SMARTS) is 1. The van der Waals surface area contributed by atoms with Crippen LogP contribution in [0.1, 0.15) is 50.9 Å². The number of imidazole rings is 1. The first-order valence-corrected chi connectivity index (χ1v) is 8.75. The molecule has 1 fully saturated rings. The van der Waals surface area contributed by atoms with Crippen molar-refractivity contribution < 1.29 is 19.7 Å². The molecule has 0 amide bonds. The summed E-state index contributed by atoms with van der Waals surface area (Å²) in [5.41, 5.74) is 0.720. The molecule has 0 saturated carbocycles. The summed E-state index contributed by atoms with van der Waals surface area (Å²) in [4.78, 5) is 15.7. The van der Waals surface area contributed by atoms with Gasteiger partial charge in [-0.15, -0.1) is 0 Å². The molecule has 7 nitrogen and oxygen atoms in total. The van der Waals surface area contributed by atoms with Crippen LogP contribution < -0.4 is 0 Å². The number of aromatic nitrogens is 3. The molecule has 136 valence electrons. The average molecular weight is 347 g/mol. The predicted molar refractivity (Wildman–Crippen MR) is 91.6 cm³/mol. The lowest BCUT2D eigenvalue weighted by Crippen LogP contribution is -2.28. The van der Waals surface area contributed by atoms with Crippen LogP contribution in [0.25, 0.3) is 5.65 Å². The van der Waals surface area contributed by atoms with Crippen LogP contribution in [0.5, 0.6) is 0 Å². The number of ether oxygens (including phenoxy) is 1. The summed E-state index contributed by atoms with van der Waals surface area (Å²) < 4.78 is 7.25.